The first kappa shape index (κ1) is 25.1. The number of hydrogen-bond donors (Lipinski definition) is 0. The van der Waals surface area contributed by atoms with E-state index in [4.69, 9.17) is 4.74 Å². The predicted molar refractivity (Wildman–Crippen MR) is 132 cm³/mol. The van der Waals surface area contributed by atoms with Crippen molar-refractivity contribution in [2.24, 2.45) is 4.99 Å². The first-order valence-electron chi connectivity index (χ1n) is 11.1. The summed E-state index contributed by atoms with van der Waals surface area (Å²) in [5.41, 5.74) is 2.35. The number of aryl methyl sites for hydroxylation is 2. The zero-order chi connectivity index (χ0) is 24.2. The Morgan fingerprint density at radius 2 is 1.70 bits per heavy atom. The smallest absolute Gasteiger partial charge is 0.279 e. The highest BCUT2D eigenvalue weighted by molar-refractivity contribution is 7.89. The molecule has 3 rings (SSSR count). The lowest BCUT2D eigenvalue weighted by molar-refractivity contribution is 0.0997. The second-order valence-corrected chi connectivity index (χ2v) is 10.7. The maximum absolute atomic E-state index is 13.0. The van der Waals surface area contributed by atoms with E-state index in [1.807, 2.05) is 44.4 Å². The lowest BCUT2D eigenvalue weighted by atomic mass is 10.2. The summed E-state index contributed by atoms with van der Waals surface area (Å²) < 4.78 is 35.9. The molecule has 0 saturated heterocycles. The zero-order valence-corrected chi connectivity index (χ0v) is 21.4. The second kappa shape index (κ2) is 10.6. The van der Waals surface area contributed by atoms with Gasteiger partial charge in [-0.2, -0.15) is 9.30 Å². The fraction of sp³-hybridized carbons (Fsp3) is 0.417. The van der Waals surface area contributed by atoms with Gasteiger partial charge in [0.2, 0.25) is 10.0 Å². The third kappa shape index (κ3) is 5.05. The molecular formula is C24H31N3O4S2. The van der Waals surface area contributed by atoms with Crippen LogP contribution in [-0.2, 0) is 16.6 Å². The number of amides is 1. The number of ether oxygens (including phenoxy) is 1. The molecule has 0 fully saturated rings. The first-order valence-corrected chi connectivity index (χ1v) is 13.4. The predicted octanol–water partition coefficient (Wildman–Crippen LogP) is 4.59. The van der Waals surface area contributed by atoms with Gasteiger partial charge in [-0.25, -0.2) is 8.42 Å². The van der Waals surface area contributed by atoms with Crippen LogP contribution in [0.25, 0.3) is 10.2 Å². The molecule has 0 radical (unpaired) electrons. The summed E-state index contributed by atoms with van der Waals surface area (Å²) in [5, 5.41) is 0. The Hall–Kier alpha value is -2.49. The molecule has 0 saturated carbocycles. The van der Waals surface area contributed by atoms with E-state index in [0.29, 0.717) is 30.0 Å². The lowest BCUT2D eigenvalue weighted by Gasteiger charge is -2.21. The molecule has 0 atom stereocenters. The fourth-order valence-corrected chi connectivity index (χ4v) is 6.54. The van der Waals surface area contributed by atoms with Crippen molar-refractivity contribution >= 4 is 37.5 Å². The van der Waals surface area contributed by atoms with Crippen LogP contribution in [0.4, 0.5) is 0 Å². The van der Waals surface area contributed by atoms with Gasteiger partial charge in [0.1, 0.15) is 11.3 Å². The van der Waals surface area contributed by atoms with E-state index in [0.717, 1.165) is 34.4 Å². The van der Waals surface area contributed by atoms with Crippen molar-refractivity contribution in [3.05, 3.63) is 52.3 Å². The van der Waals surface area contributed by atoms with Crippen molar-refractivity contribution in [1.29, 1.82) is 0 Å². The Balaban J connectivity index is 1.99. The summed E-state index contributed by atoms with van der Waals surface area (Å²) in [6.07, 6.45) is 1.48. The van der Waals surface area contributed by atoms with E-state index in [9.17, 15) is 13.2 Å². The van der Waals surface area contributed by atoms with Crippen molar-refractivity contribution in [1.82, 2.24) is 8.87 Å². The van der Waals surface area contributed by atoms with Crippen LogP contribution >= 0.6 is 11.3 Å². The quantitative estimate of drug-likeness (QED) is 0.440. The summed E-state index contributed by atoms with van der Waals surface area (Å²) in [5.74, 6) is 0.323. The SMILES string of the molecule is CCCN(CCC)S(=O)(=O)c1ccc(C(=O)N=c2sc3c(C)ccc(OC)c3n2CC)cc1. The van der Waals surface area contributed by atoms with Gasteiger partial charge in [0.25, 0.3) is 5.91 Å². The van der Waals surface area contributed by atoms with Crippen molar-refractivity contribution in [3.8, 4) is 5.75 Å². The minimum atomic E-state index is -3.59. The van der Waals surface area contributed by atoms with Crippen LogP contribution < -0.4 is 9.54 Å². The van der Waals surface area contributed by atoms with Crippen molar-refractivity contribution in [2.75, 3.05) is 20.2 Å². The number of aromatic nitrogens is 1. The van der Waals surface area contributed by atoms with Crippen LogP contribution in [0, 0.1) is 6.92 Å². The number of carbonyl (C=O) groups excluding carboxylic acids is 1. The summed E-state index contributed by atoms with van der Waals surface area (Å²) >= 11 is 1.44. The van der Waals surface area contributed by atoms with Gasteiger partial charge in [0.05, 0.1) is 16.7 Å². The third-order valence-corrected chi connectivity index (χ3v) is 8.53. The van der Waals surface area contributed by atoms with Crippen LogP contribution in [0.3, 0.4) is 0 Å². The van der Waals surface area contributed by atoms with E-state index >= 15 is 0 Å². The minimum absolute atomic E-state index is 0.187. The zero-order valence-electron chi connectivity index (χ0n) is 19.8. The number of benzene rings is 2. The maximum atomic E-state index is 13.0. The van der Waals surface area contributed by atoms with Crippen LogP contribution in [0.1, 0.15) is 49.5 Å². The van der Waals surface area contributed by atoms with E-state index in [2.05, 4.69) is 4.99 Å². The average Bonchev–Trinajstić information content (AvgIpc) is 3.18. The van der Waals surface area contributed by atoms with Crippen LogP contribution in [-0.4, -0.2) is 43.4 Å². The first-order chi connectivity index (χ1) is 15.8. The molecule has 0 spiro atoms. The fourth-order valence-electron chi connectivity index (χ4n) is 3.74. The molecule has 1 amide bonds. The molecule has 178 valence electrons. The number of thiazole rings is 1. The van der Waals surface area contributed by atoms with Crippen molar-refractivity contribution in [2.45, 2.75) is 52.0 Å². The Morgan fingerprint density at radius 1 is 1.06 bits per heavy atom. The summed E-state index contributed by atoms with van der Waals surface area (Å²) in [7, 11) is -1.97. The van der Waals surface area contributed by atoms with Crippen molar-refractivity contribution < 1.29 is 17.9 Å². The van der Waals surface area contributed by atoms with E-state index in [-0.39, 0.29) is 4.90 Å². The van der Waals surface area contributed by atoms with Crippen molar-refractivity contribution in [3.63, 3.8) is 0 Å². The number of sulfonamides is 1. The molecule has 3 aromatic rings. The molecular weight excluding hydrogens is 458 g/mol. The van der Waals surface area contributed by atoms with E-state index < -0.39 is 15.9 Å². The van der Waals surface area contributed by atoms with Gasteiger partial charge in [-0.15, -0.1) is 0 Å². The number of rotatable bonds is 9. The molecule has 0 N–H and O–H groups in total. The number of nitrogens with zero attached hydrogens (tertiary/aromatic N) is 3. The van der Waals surface area contributed by atoms with E-state index in [1.165, 1.54) is 39.9 Å². The monoisotopic (exact) mass is 489 g/mol. The molecule has 9 heteroatoms. The molecule has 0 aliphatic rings. The minimum Gasteiger partial charge on any atom is -0.495 e. The molecule has 0 aliphatic heterocycles. The molecule has 33 heavy (non-hydrogen) atoms. The highest BCUT2D eigenvalue weighted by Crippen LogP contribution is 2.30. The highest BCUT2D eigenvalue weighted by Gasteiger charge is 2.23. The lowest BCUT2D eigenvalue weighted by Crippen LogP contribution is -2.32. The van der Waals surface area contributed by atoms with E-state index in [1.54, 1.807) is 7.11 Å². The summed E-state index contributed by atoms with van der Waals surface area (Å²) in [6.45, 7) is 9.49. The van der Waals surface area contributed by atoms with Crippen LogP contribution in [0.15, 0.2) is 46.3 Å². The maximum Gasteiger partial charge on any atom is 0.279 e. The number of methoxy groups -OCH3 is 1. The van der Waals surface area contributed by atoms with Crippen LogP contribution in [0.2, 0.25) is 0 Å². The van der Waals surface area contributed by atoms with Gasteiger partial charge in [-0.05, 0) is 62.6 Å². The van der Waals surface area contributed by atoms with Gasteiger partial charge < -0.3 is 9.30 Å². The largest absolute Gasteiger partial charge is 0.495 e. The Labute approximate surface area is 199 Å². The van der Waals surface area contributed by atoms with Crippen LogP contribution in [0.5, 0.6) is 5.75 Å². The highest BCUT2D eigenvalue weighted by atomic mass is 32.2. The molecule has 1 aromatic heterocycles. The number of hydrogen-bond acceptors (Lipinski definition) is 5. The molecule has 1 heterocycles. The molecule has 0 aliphatic carbocycles. The van der Waals surface area contributed by atoms with Gasteiger partial charge >= 0.3 is 0 Å². The topological polar surface area (TPSA) is 81.0 Å². The Morgan fingerprint density at radius 3 is 2.24 bits per heavy atom. The summed E-state index contributed by atoms with van der Waals surface area (Å²) in [6, 6.07) is 9.95. The second-order valence-electron chi connectivity index (χ2n) is 7.74. The molecule has 7 nitrogen and oxygen atoms in total. The van der Waals surface area contributed by atoms with Gasteiger partial charge in [-0.3, -0.25) is 4.79 Å². The Bertz CT molecular complexity index is 1300. The standard InChI is InChI=1S/C24H31N3O4S2/c1-6-15-26(16-7-2)33(29,30)19-12-10-18(11-13-19)23(28)25-24-27(8-3)21-20(31-5)14-9-17(4)22(21)32-24/h9-14H,6-8,15-16H2,1-5H3. The van der Waals surface area contributed by atoms with Gasteiger partial charge in [-0.1, -0.05) is 31.3 Å². The average molecular weight is 490 g/mol. The van der Waals surface area contributed by atoms with Gasteiger partial charge in [0, 0.05) is 25.2 Å². The number of carbonyl (C=O) groups is 1. The Kier molecular flexibility index (Phi) is 8.10. The molecule has 0 unspecified atom stereocenters. The summed E-state index contributed by atoms with van der Waals surface area (Å²) in [4.78, 5) is 18.1. The third-order valence-electron chi connectivity index (χ3n) is 5.40. The number of fused-ring (bicyclic) bond motifs is 1. The normalized spacial score (nSPS) is 12.6. The van der Waals surface area contributed by atoms with Gasteiger partial charge in [0.15, 0.2) is 4.80 Å². The molecule has 2 aromatic carbocycles. The molecule has 0 bridgehead atoms.